The highest BCUT2D eigenvalue weighted by Gasteiger charge is 2.34. The van der Waals surface area contributed by atoms with E-state index in [-0.39, 0.29) is 17.6 Å². The lowest BCUT2D eigenvalue weighted by atomic mass is 10.0. The molecule has 0 radical (unpaired) electrons. The van der Waals surface area contributed by atoms with Crippen LogP contribution in [-0.4, -0.2) is 34.2 Å². The van der Waals surface area contributed by atoms with E-state index in [1.807, 2.05) is 0 Å². The Hall–Kier alpha value is -1.62. The number of aryl methyl sites for hydroxylation is 1. The molecule has 1 aromatic rings. The molecule has 1 fully saturated rings. The minimum atomic E-state index is -0.477. The summed E-state index contributed by atoms with van der Waals surface area (Å²) in [5.41, 5.74) is 1.01. The van der Waals surface area contributed by atoms with Crippen molar-refractivity contribution in [3.05, 3.63) is 39.4 Å². The lowest BCUT2D eigenvalue weighted by Gasteiger charge is -2.25. The molecule has 2 atom stereocenters. The molecule has 0 N–H and O–H groups in total. The van der Waals surface area contributed by atoms with E-state index in [4.69, 9.17) is 11.6 Å². The second kappa shape index (κ2) is 5.79. The number of benzene rings is 1. The van der Waals surface area contributed by atoms with Crippen molar-refractivity contribution in [1.82, 2.24) is 4.90 Å². The van der Waals surface area contributed by atoms with Crippen LogP contribution in [0.15, 0.2) is 18.2 Å². The average Bonchev–Trinajstić information content (AvgIpc) is 2.78. The van der Waals surface area contributed by atoms with Crippen LogP contribution in [0, 0.1) is 23.0 Å². The largest absolute Gasteiger partial charge is 0.334 e. The molecule has 5 nitrogen and oxygen atoms in total. The van der Waals surface area contributed by atoms with Gasteiger partial charge in [0, 0.05) is 36.2 Å². The highest BCUT2D eigenvalue weighted by molar-refractivity contribution is 6.18. The summed E-state index contributed by atoms with van der Waals surface area (Å²) in [4.78, 5) is 24.7. The summed E-state index contributed by atoms with van der Waals surface area (Å²) < 4.78 is 0. The van der Waals surface area contributed by atoms with E-state index in [9.17, 15) is 14.9 Å². The first-order valence-corrected chi connectivity index (χ1v) is 7.10. The molecule has 0 bridgehead atoms. The number of hydrogen-bond donors (Lipinski definition) is 0. The van der Waals surface area contributed by atoms with Gasteiger partial charge in [0.2, 0.25) is 0 Å². The number of alkyl halides is 1. The number of nitrogens with zero attached hydrogens (tertiary/aromatic N) is 2. The van der Waals surface area contributed by atoms with E-state index in [0.717, 1.165) is 6.42 Å². The van der Waals surface area contributed by atoms with Crippen molar-refractivity contribution in [2.75, 3.05) is 12.4 Å². The van der Waals surface area contributed by atoms with E-state index < -0.39 is 4.92 Å². The second-order valence-electron chi connectivity index (χ2n) is 5.30. The maximum absolute atomic E-state index is 12.5. The van der Waals surface area contributed by atoms with Crippen molar-refractivity contribution in [2.24, 2.45) is 5.92 Å². The van der Waals surface area contributed by atoms with Crippen molar-refractivity contribution < 1.29 is 9.72 Å². The molecule has 0 saturated carbocycles. The molecule has 2 rings (SSSR count). The number of nitro groups is 1. The van der Waals surface area contributed by atoms with E-state index in [1.165, 1.54) is 12.1 Å². The molecule has 1 heterocycles. The third kappa shape index (κ3) is 2.77. The van der Waals surface area contributed by atoms with Crippen LogP contribution in [0.5, 0.6) is 0 Å². The van der Waals surface area contributed by atoms with Crippen molar-refractivity contribution in [3.8, 4) is 0 Å². The Bertz CT molecular complexity index is 547. The van der Waals surface area contributed by atoms with Gasteiger partial charge < -0.3 is 4.90 Å². The zero-order valence-corrected chi connectivity index (χ0v) is 12.3. The Labute approximate surface area is 122 Å². The Kier molecular flexibility index (Phi) is 4.28. The Morgan fingerprint density at radius 3 is 2.80 bits per heavy atom. The first-order chi connectivity index (χ1) is 9.43. The molecule has 1 aliphatic heterocycles. The van der Waals surface area contributed by atoms with Crippen LogP contribution < -0.4 is 0 Å². The number of halogens is 1. The third-order valence-corrected chi connectivity index (χ3v) is 4.14. The van der Waals surface area contributed by atoms with E-state index in [2.05, 4.69) is 6.92 Å². The molecule has 1 amide bonds. The zero-order valence-electron chi connectivity index (χ0n) is 11.5. The first kappa shape index (κ1) is 14.8. The van der Waals surface area contributed by atoms with Crippen molar-refractivity contribution in [1.29, 1.82) is 0 Å². The van der Waals surface area contributed by atoms with Crippen LogP contribution in [0.1, 0.15) is 29.3 Å². The highest BCUT2D eigenvalue weighted by atomic mass is 35.5. The smallest absolute Gasteiger partial charge is 0.270 e. The molecule has 0 aromatic heterocycles. The van der Waals surface area contributed by atoms with Gasteiger partial charge >= 0.3 is 0 Å². The molecule has 0 spiro atoms. The summed E-state index contributed by atoms with van der Waals surface area (Å²) in [6.07, 6.45) is 0.914. The predicted octanol–water partition coefficient (Wildman–Crippen LogP) is 2.99. The summed E-state index contributed by atoms with van der Waals surface area (Å²) in [5, 5.41) is 10.9. The first-order valence-electron chi connectivity index (χ1n) is 6.57. The van der Waals surface area contributed by atoms with Gasteiger partial charge in [0.05, 0.1) is 4.92 Å². The fourth-order valence-electron chi connectivity index (χ4n) is 2.65. The van der Waals surface area contributed by atoms with Gasteiger partial charge in [-0.05, 0) is 30.9 Å². The summed E-state index contributed by atoms with van der Waals surface area (Å²) >= 11 is 5.94. The van der Waals surface area contributed by atoms with Gasteiger partial charge in [-0.3, -0.25) is 14.9 Å². The number of amides is 1. The number of rotatable bonds is 3. The molecule has 1 aliphatic rings. The fraction of sp³-hybridized carbons (Fsp3) is 0.500. The normalized spacial score (nSPS) is 22.1. The SMILES string of the molecule is Cc1cc(C(=O)N2CCC(C)C2CCl)cc([N+](=O)[O-])c1. The standard InChI is InChI=1S/C14H17ClN2O3/c1-9-5-11(7-12(6-9)17(19)20)14(18)16-4-3-10(2)13(16)8-15/h5-7,10,13H,3-4,8H2,1-2H3. The van der Waals surface area contributed by atoms with E-state index in [1.54, 1.807) is 17.9 Å². The number of hydrogen-bond acceptors (Lipinski definition) is 3. The lowest BCUT2D eigenvalue weighted by molar-refractivity contribution is -0.384. The maximum atomic E-state index is 12.5. The molecule has 108 valence electrons. The molecule has 1 saturated heterocycles. The van der Waals surface area contributed by atoms with Crippen molar-refractivity contribution in [2.45, 2.75) is 26.3 Å². The Balaban J connectivity index is 2.32. The van der Waals surface area contributed by atoms with Gasteiger partial charge in [-0.1, -0.05) is 6.92 Å². The molecular weight excluding hydrogens is 280 g/mol. The third-order valence-electron chi connectivity index (χ3n) is 3.82. The van der Waals surface area contributed by atoms with Crippen molar-refractivity contribution >= 4 is 23.2 Å². The van der Waals surface area contributed by atoms with Crippen LogP contribution in [0.2, 0.25) is 0 Å². The zero-order chi connectivity index (χ0) is 14.9. The molecule has 6 heteroatoms. The summed E-state index contributed by atoms with van der Waals surface area (Å²) in [7, 11) is 0. The van der Waals surface area contributed by atoms with E-state index in [0.29, 0.717) is 29.5 Å². The Morgan fingerprint density at radius 2 is 2.20 bits per heavy atom. The molecule has 2 unspecified atom stereocenters. The Morgan fingerprint density at radius 1 is 1.50 bits per heavy atom. The topological polar surface area (TPSA) is 63.5 Å². The number of likely N-dealkylation sites (tertiary alicyclic amines) is 1. The van der Waals surface area contributed by atoms with Gasteiger partial charge in [-0.15, -0.1) is 11.6 Å². The van der Waals surface area contributed by atoms with Crippen molar-refractivity contribution in [3.63, 3.8) is 0 Å². The van der Waals surface area contributed by atoms with Gasteiger partial charge in [-0.2, -0.15) is 0 Å². The maximum Gasteiger partial charge on any atom is 0.270 e. The van der Waals surface area contributed by atoms with Crippen LogP contribution in [0.4, 0.5) is 5.69 Å². The molecular formula is C14H17ClN2O3. The number of non-ortho nitro benzene ring substituents is 1. The van der Waals surface area contributed by atoms with Gasteiger partial charge in [0.25, 0.3) is 11.6 Å². The summed E-state index contributed by atoms with van der Waals surface area (Å²) in [6, 6.07) is 4.49. The lowest BCUT2D eigenvalue weighted by Crippen LogP contribution is -2.38. The monoisotopic (exact) mass is 296 g/mol. The van der Waals surface area contributed by atoms with Crippen LogP contribution in [0.25, 0.3) is 0 Å². The van der Waals surface area contributed by atoms with Crippen LogP contribution in [0.3, 0.4) is 0 Å². The minimum absolute atomic E-state index is 0.00346. The van der Waals surface area contributed by atoms with Crippen LogP contribution in [-0.2, 0) is 0 Å². The highest BCUT2D eigenvalue weighted by Crippen LogP contribution is 2.27. The van der Waals surface area contributed by atoms with Gasteiger partial charge in [-0.25, -0.2) is 0 Å². The average molecular weight is 297 g/mol. The van der Waals surface area contributed by atoms with Gasteiger partial charge in [0.15, 0.2) is 0 Å². The molecule has 0 aliphatic carbocycles. The number of carbonyl (C=O) groups excluding carboxylic acids is 1. The van der Waals surface area contributed by atoms with Gasteiger partial charge in [0.1, 0.15) is 0 Å². The summed E-state index contributed by atoms with van der Waals surface area (Å²) in [5.74, 6) is 0.573. The predicted molar refractivity (Wildman–Crippen MR) is 77.2 cm³/mol. The van der Waals surface area contributed by atoms with E-state index >= 15 is 0 Å². The molecule has 1 aromatic carbocycles. The number of nitro benzene ring substituents is 1. The summed E-state index contributed by atoms with van der Waals surface area (Å²) in [6.45, 7) is 4.47. The quantitative estimate of drug-likeness (QED) is 0.489. The minimum Gasteiger partial charge on any atom is -0.334 e. The fourth-order valence-corrected chi connectivity index (χ4v) is 3.12. The second-order valence-corrected chi connectivity index (χ2v) is 5.61. The molecule has 20 heavy (non-hydrogen) atoms. The van der Waals surface area contributed by atoms with Crippen LogP contribution >= 0.6 is 11.6 Å². The number of carbonyl (C=O) groups is 1.